The number of halogens is 1. The van der Waals surface area contributed by atoms with Crippen LogP contribution in [-0.2, 0) is 16.1 Å². The van der Waals surface area contributed by atoms with Crippen molar-refractivity contribution in [1.29, 1.82) is 0 Å². The Hall–Kier alpha value is -1.40. The number of nitrogens with one attached hydrogen (secondary N) is 1. The van der Waals surface area contributed by atoms with Crippen LogP contribution in [-0.4, -0.2) is 34.8 Å². The zero-order chi connectivity index (χ0) is 15.0. The molecule has 6 nitrogen and oxygen atoms in total. The van der Waals surface area contributed by atoms with Crippen molar-refractivity contribution in [1.82, 2.24) is 15.3 Å². The first kappa shape index (κ1) is 16.7. The van der Waals surface area contributed by atoms with Gasteiger partial charge in [-0.2, -0.15) is 0 Å². The Kier molecular flexibility index (Phi) is 6.67. The highest BCUT2D eigenvalue weighted by Crippen LogP contribution is 2.06. The number of aromatic nitrogens is 2. The van der Waals surface area contributed by atoms with Gasteiger partial charge in [-0.1, -0.05) is 11.6 Å². The summed E-state index contributed by atoms with van der Waals surface area (Å²) in [5.41, 5.74) is -0.482. The number of amides is 1. The second-order valence-electron chi connectivity index (χ2n) is 5.13. The quantitative estimate of drug-likeness (QED) is 0.646. The first-order valence-electron chi connectivity index (χ1n) is 6.39. The van der Waals surface area contributed by atoms with E-state index in [1.807, 2.05) is 20.8 Å². The maximum Gasteiger partial charge on any atom is 0.407 e. The standard InChI is InChI=1S/C13H20ClN3O3/c1-13(2,3)20-12(18)16-6-4-8-19-9-11-15-7-5-10(14)17-11/h5,7H,4,6,8-9H2,1-3H3,(H,16,18). The van der Waals surface area contributed by atoms with E-state index >= 15 is 0 Å². The zero-order valence-electron chi connectivity index (χ0n) is 12.0. The summed E-state index contributed by atoms with van der Waals surface area (Å²) in [6.07, 6.45) is 1.84. The Morgan fingerprint density at radius 1 is 1.45 bits per heavy atom. The van der Waals surface area contributed by atoms with E-state index in [2.05, 4.69) is 15.3 Å². The van der Waals surface area contributed by atoms with E-state index in [-0.39, 0.29) is 0 Å². The van der Waals surface area contributed by atoms with Gasteiger partial charge < -0.3 is 14.8 Å². The topological polar surface area (TPSA) is 73.3 Å². The largest absolute Gasteiger partial charge is 0.444 e. The van der Waals surface area contributed by atoms with Crippen LogP contribution >= 0.6 is 11.6 Å². The summed E-state index contributed by atoms with van der Waals surface area (Å²) in [7, 11) is 0. The molecule has 0 fully saturated rings. The monoisotopic (exact) mass is 301 g/mol. The van der Waals surface area contributed by atoms with Crippen molar-refractivity contribution in [2.75, 3.05) is 13.2 Å². The number of carbonyl (C=O) groups is 1. The third-order valence-electron chi connectivity index (χ3n) is 2.04. The van der Waals surface area contributed by atoms with Crippen LogP contribution in [0.3, 0.4) is 0 Å². The van der Waals surface area contributed by atoms with Crippen molar-refractivity contribution in [3.63, 3.8) is 0 Å². The van der Waals surface area contributed by atoms with Gasteiger partial charge in [0.15, 0.2) is 5.82 Å². The molecule has 112 valence electrons. The number of alkyl carbamates (subject to hydrolysis) is 1. The molecule has 0 radical (unpaired) electrons. The summed E-state index contributed by atoms with van der Waals surface area (Å²) in [5, 5.41) is 3.05. The smallest absolute Gasteiger partial charge is 0.407 e. The normalized spacial score (nSPS) is 11.2. The number of carbonyl (C=O) groups excluding carboxylic acids is 1. The Morgan fingerprint density at radius 2 is 2.20 bits per heavy atom. The van der Waals surface area contributed by atoms with Crippen molar-refractivity contribution < 1.29 is 14.3 Å². The van der Waals surface area contributed by atoms with Gasteiger partial charge in [-0.25, -0.2) is 14.8 Å². The van der Waals surface area contributed by atoms with E-state index in [0.717, 1.165) is 0 Å². The predicted octanol–water partition coefficient (Wildman–Crippen LogP) is 2.56. The van der Waals surface area contributed by atoms with Gasteiger partial charge >= 0.3 is 6.09 Å². The average Bonchev–Trinajstić information content (AvgIpc) is 2.31. The molecule has 0 aliphatic rings. The van der Waals surface area contributed by atoms with Crippen LogP contribution in [0.25, 0.3) is 0 Å². The lowest BCUT2D eigenvalue weighted by atomic mass is 10.2. The van der Waals surface area contributed by atoms with Gasteiger partial charge in [0.25, 0.3) is 0 Å². The number of hydrogen-bond acceptors (Lipinski definition) is 5. The van der Waals surface area contributed by atoms with Gasteiger partial charge in [0.1, 0.15) is 17.4 Å². The van der Waals surface area contributed by atoms with Crippen molar-refractivity contribution in [2.24, 2.45) is 0 Å². The molecule has 20 heavy (non-hydrogen) atoms. The van der Waals surface area contributed by atoms with Gasteiger partial charge in [-0.05, 0) is 33.3 Å². The minimum absolute atomic E-state index is 0.299. The Bertz CT molecular complexity index is 435. The molecule has 0 atom stereocenters. The second-order valence-corrected chi connectivity index (χ2v) is 5.52. The molecule has 7 heteroatoms. The van der Waals surface area contributed by atoms with Crippen molar-refractivity contribution >= 4 is 17.7 Å². The highest BCUT2D eigenvalue weighted by atomic mass is 35.5. The minimum Gasteiger partial charge on any atom is -0.444 e. The molecule has 1 heterocycles. The molecule has 1 aromatic heterocycles. The Morgan fingerprint density at radius 3 is 2.85 bits per heavy atom. The van der Waals surface area contributed by atoms with E-state index in [1.165, 1.54) is 0 Å². The van der Waals surface area contributed by atoms with Gasteiger partial charge in [0.05, 0.1) is 0 Å². The van der Waals surface area contributed by atoms with E-state index in [0.29, 0.717) is 37.2 Å². The Labute approximate surface area is 123 Å². The molecule has 0 aliphatic carbocycles. The maximum absolute atomic E-state index is 11.3. The summed E-state index contributed by atoms with van der Waals surface area (Å²) >= 11 is 5.73. The lowest BCUT2D eigenvalue weighted by Crippen LogP contribution is -2.33. The number of rotatable bonds is 6. The summed E-state index contributed by atoms with van der Waals surface area (Å²) in [6, 6.07) is 1.61. The van der Waals surface area contributed by atoms with Gasteiger partial charge in [-0.3, -0.25) is 0 Å². The van der Waals surface area contributed by atoms with Crippen LogP contribution in [0.5, 0.6) is 0 Å². The fourth-order valence-electron chi connectivity index (χ4n) is 1.29. The molecule has 1 aromatic rings. The third kappa shape index (κ3) is 7.91. The molecule has 0 aliphatic heterocycles. The summed E-state index contributed by atoms with van der Waals surface area (Å²) in [4.78, 5) is 19.4. The fourth-order valence-corrected chi connectivity index (χ4v) is 1.44. The maximum atomic E-state index is 11.3. The van der Waals surface area contributed by atoms with E-state index < -0.39 is 11.7 Å². The molecule has 0 aromatic carbocycles. The predicted molar refractivity (Wildman–Crippen MR) is 75.6 cm³/mol. The molecule has 1 N–H and O–H groups in total. The first-order chi connectivity index (χ1) is 9.37. The number of nitrogens with zero attached hydrogens (tertiary/aromatic N) is 2. The molecular formula is C13H20ClN3O3. The average molecular weight is 302 g/mol. The molecular weight excluding hydrogens is 282 g/mol. The molecule has 1 rings (SSSR count). The highest BCUT2D eigenvalue weighted by molar-refractivity contribution is 6.29. The number of ether oxygens (including phenoxy) is 2. The SMILES string of the molecule is CC(C)(C)OC(=O)NCCCOCc1nccc(Cl)n1. The van der Waals surface area contributed by atoms with Crippen LogP contribution in [0.15, 0.2) is 12.3 Å². The summed E-state index contributed by atoms with van der Waals surface area (Å²) in [6.45, 7) is 6.74. The van der Waals surface area contributed by atoms with Crippen LogP contribution < -0.4 is 5.32 Å². The first-order valence-corrected chi connectivity index (χ1v) is 6.76. The highest BCUT2D eigenvalue weighted by Gasteiger charge is 2.15. The van der Waals surface area contributed by atoms with Crippen molar-refractivity contribution in [3.8, 4) is 0 Å². The van der Waals surface area contributed by atoms with E-state index in [1.54, 1.807) is 12.3 Å². The molecule has 1 amide bonds. The second kappa shape index (κ2) is 8.01. The molecule has 0 unspecified atom stereocenters. The molecule has 0 spiro atoms. The van der Waals surface area contributed by atoms with Crippen LogP contribution in [0.1, 0.15) is 33.0 Å². The molecule has 0 saturated carbocycles. The van der Waals surface area contributed by atoms with E-state index in [9.17, 15) is 4.79 Å². The number of hydrogen-bond donors (Lipinski definition) is 1. The van der Waals surface area contributed by atoms with Gasteiger partial charge in [-0.15, -0.1) is 0 Å². The van der Waals surface area contributed by atoms with Crippen LogP contribution in [0, 0.1) is 0 Å². The lowest BCUT2D eigenvalue weighted by Gasteiger charge is -2.19. The van der Waals surface area contributed by atoms with E-state index in [4.69, 9.17) is 21.1 Å². The van der Waals surface area contributed by atoms with Crippen molar-refractivity contribution in [3.05, 3.63) is 23.2 Å². The lowest BCUT2D eigenvalue weighted by molar-refractivity contribution is 0.0517. The Balaban J connectivity index is 2.07. The third-order valence-corrected chi connectivity index (χ3v) is 2.25. The summed E-state index contributed by atoms with van der Waals surface area (Å²) in [5.74, 6) is 0.539. The van der Waals surface area contributed by atoms with Crippen LogP contribution in [0.2, 0.25) is 5.15 Å². The molecule has 0 bridgehead atoms. The molecule has 0 saturated heterocycles. The van der Waals surface area contributed by atoms with Crippen molar-refractivity contribution in [2.45, 2.75) is 39.4 Å². The van der Waals surface area contributed by atoms with Gasteiger partial charge in [0, 0.05) is 19.3 Å². The summed E-state index contributed by atoms with van der Waals surface area (Å²) < 4.78 is 10.5. The van der Waals surface area contributed by atoms with Crippen LogP contribution in [0.4, 0.5) is 4.79 Å². The fraction of sp³-hybridized carbons (Fsp3) is 0.615. The zero-order valence-corrected chi connectivity index (χ0v) is 12.7. The minimum atomic E-state index is -0.482. The van der Waals surface area contributed by atoms with Gasteiger partial charge in [0.2, 0.25) is 0 Å².